The zero-order chi connectivity index (χ0) is 14.9. The summed E-state index contributed by atoms with van der Waals surface area (Å²) in [6, 6.07) is 5.52. The van der Waals surface area contributed by atoms with Gasteiger partial charge in [-0.15, -0.1) is 0 Å². The molecule has 0 aliphatic carbocycles. The lowest BCUT2D eigenvalue weighted by Crippen LogP contribution is -2.49. The van der Waals surface area contributed by atoms with Crippen molar-refractivity contribution in [3.8, 4) is 0 Å². The zero-order valence-corrected chi connectivity index (χ0v) is 13.5. The molecule has 2 N–H and O–H groups in total. The monoisotopic (exact) mass is 314 g/mol. The van der Waals surface area contributed by atoms with Crippen LogP contribution in [0.1, 0.15) is 12.5 Å². The molecule has 1 unspecified atom stereocenters. The quantitative estimate of drug-likeness (QED) is 0.928. The maximum Gasteiger partial charge on any atom is 0.192 e. The van der Waals surface area contributed by atoms with E-state index in [1.807, 2.05) is 26.2 Å². The lowest BCUT2D eigenvalue weighted by molar-refractivity contribution is 0.205. The number of benzene rings is 1. The van der Waals surface area contributed by atoms with Gasteiger partial charge in [0.15, 0.2) is 5.96 Å². The molecule has 1 aromatic carbocycles. The fourth-order valence-electron chi connectivity index (χ4n) is 2.46. The number of halogens is 2. The van der Waals surface area contributed by atoms with Gasteiger partial charge in [-0.25, -0.2) is 0 Å². The average molecular weight is 315 g/mol. The van der Waals surface area contributed by atoms with Crippen molar-refractivity contribution in [3.05, 3.63) is 33.8 Å². The molecule has 0 radical (unpaired) electrons. The maximum atomic E-state index is 6.35. The highest BCUT2D eigenvalue weighted by Gasteiger charge is 2.40. The van der Waals surface area contributed by atoms with E-state index in [0.717, 1.165) is 18.7 Å². The highest BCUT2D eigenvalue weighted by Crippen LogP contribution is 2.37. The molecule has 0 saturated heterocycles. The molecule has 1 atom stereocenters. The summed E-state index contributed by atoms with van der Waals surface area (Å²) in [4.78, 5) is 8.61. The molecule has 4 nitrogen and oxygen atoms in total. The first-order valence-electron chi connectivity index (χ1n) is 6.52. The molecule has 0 aromatic heterocycles. The lowest BCUT2D eigenvalue weighted by atomic mass is 9.91. The Labute approximate surface area is 130 Å². The molecule has 2 rings (SSSR count). The molecule has 0 saturated carbocycles. The van der Waals surface area contributed by atoms with Gasteiger partial charge < -0.3 is 15.5 Å². The number of rotatable bonds is 4. The van der Waals surface area contributed by atoms with Crippen molar-refractivity contribution in [2.24, 2.45) is 10.7 Å². The van der Waals surface area contributed by atoms with Crippen LogP contribution in [0.2, 0.25) is 10.0 Å². The molecule has 110 valence electrons. The van der Waals surface area contributed by atoms with E-state index < -0.39 is 0 Å². The number of hydrogen-bond acceptors (Lipinski definition) is 4. The summed E-state index contributed by atoms with van der Waals surface area (Å²) in [5.41, 5.74) is 6.67. The van der Waals surface area contributed by atoms with Crippen LogP contribution in [-0.2, 0) is 5.54 Å². The number of aliphatic imine (C=N–C) groups is 1. The minimum atomic E-state index is -0.345. The van der Waals surface area contributed by atoms with Crippen LogP contribution in [0.15, 0.2) is 23.2 Å². The average Bonchev–Trinajstić information content (AvgIpc) is 2.67. The summed E-state index contributed by atoms with van der Waals surface area (Å²) in [5.74, 6) is 0.561. The Bertz CT molecular complexity index is 530. The van der Waals surface area contributed by atoms with Gasteiger partial charge in [0, 0.05) is 23.1 Å². The summed E-state index contributed by atoms with van der Waals surface area (Å²) in [7, 11) is 4.07. The van der Waals surface area contributed by atoms with Crippen molar-refractivity contribution in [2.45, 2.75) is 12.5 Å². The van der Waals surface area contributed by atoms with E-state index in [-0.39, 0.29) is 5.54 Å². The first-order chi connectivity index (χ1) is 9.34. The van der Waals surface area contributed by atoms with Crippen LogP contribution < -0.4 is 5.73 Å². The Kier molecular flexibility index (Phi) is 4.47. The molecule has 0 fully saturated rings. The van der Waals surface area contributed by atoms with Crippen LogP contribution in [0.5, 0.6) is 0 Å². The van der Waals surface area contributed by atoms with Gasteiger partial charge >= 0.3 is 0 Å². The van der Waals surface area contributed by atoms with Crippen molar-refractivity contribution in [3.63, 3.8) is 0 Å². The molecule has 1 aliphatic heterocycles. The summed E-state index contributed by atoms with van der Waals surface area (Å²) in [6.45, 7) is 4.38. The van der Waals surface area contributed by atoms with Gasteiger partial charge in [-0.1, -0.05) is 23.2 Å². The molecular formula is C14H20Cl2N4. The number of guanidine groups is 1. The third-order valence-corrected chi connectivity index (χ3v) is 4.27. The summed E-state index contributed by atoms with van der Waals surface area (Å²) in [5, 5.41) is 1.36. The largest absolute Gasteiger partial charge is 0.370 e. The normalized spacial score (nSPS) is 22.5. The van der Waals surface area contributed by atoms with Crippen molar-refractivity contribution >= 4 is 29.2 Å². The van der Waals surface area contributed by atoms with Gasteiger partial charge in [-0.2, -0.15) is 0 Å². The number of likely N-dealkylation sites (N-methyl/N-ethyl adjacent to an activating group) is 1. The SMILES string of the molecule is CN(C)CCN1C(N)=NCC1(C)c1cc(Cl)ccc1Cl. The minimum absolute atomic E-state index is 0.345. The fourth-order valence-corrected chi connectivity index (χ4v) is 2.95. The van der Waals surface area contributed by atoms with Crippen LogP contribution in [0.4, 0.5) is 0 Å². The molecule has 6 heteroatoms. The smallest absolute Gasteiger partial charge is 0.192 e. The van der Waals surface area contributed by atoms with Crippen LogP contribution in [0, 0.1) is 0 Å². The van der Waals surface area contributed by atoms with Gasteiger partial charge in [0.1, 0.15) is 0 Å². The Hall–Kier alpha value is -0.970. The van der Waals surface area contributed by atoms with Crippen LogP contribution in [0.25, 0.3) is 0 Å². The van der Waals surface area contributed by atoms with E-state index in [1.165, 1.54) is 0 Å². The third-order valence-electron chi connectivity index (χ3n) is 3.70. The van der Waals surface area contributed by atoms with Crippen molar-refractivity contribution < 1.29 is 0 Å². The Morgan fingerprint density at radius 2 is 2.10 bits per heavy atom. The number of nitrogens with zero attached hydrogens (tertiary/aromatic N) is 3. The van der Waals surface area contributed by atoms with Crippen LogP contribution in [-0.4, -0.2) is 49.5 Å². The number of nitrogens with two attached hydrogens (primary N) is 1. The molecule has 0 amide bonds. The fraction of sp³-hybridized carbons (Fsp3) is 0.500. The molecule has 0 spiro atoms. The van der Waals surface area contributed by atoms with E-state index in [4.69, 9.17) is 28.9 Å². The van der Waals surface area contributed by atoms with Gasteiger partial charge in [0.2, 0.25) is 0 Å². The summed E-state index contributed by atoms with van der Waals surface area (Å²) in [6.07, 6.45) is 0. The second-order valence-electron chi connectivity index (χ2n) is 5.53. The topological polar surface area (TPSA) is 44.9 Å². The van der Waals surface area contributed by atoms with Crippen LogP contribution in [0.3, 0.4) is 0 Å². The minimum Gasteiger partial charge on any atom is -0.370 e. The summed E-state index contributed by atoms with van der Waals surface area (Å²) < 4.78 is 0. The van der Waals surface area contributed by atoms with Crippen molar-refractivity contribution in [2.75, 3.05) is 33.7 Å². The lowest BCUT2D eigenvalue weighted by Gasteiger charge is -2.37. The predicted octanol–water partition coefficient (Wildman–Crippen LogP) is 2.40. The Morgan fingerprint density at radius 3 is 2.75 bits per heavy atom. The Balaban J connectivity index is 2.34. The Morgan fingerprint density at radius 1 is 1.40 bits per heavy atom. The van der Waals surface area contributed by atoms with Crippen molar-refractivity contribution in [1.29, 1.82) is 0 Å². The molecule has 1 aromatic rings. The molecule has 1 heterocycles. The predicted molar refractivity (Wildman–Crippen MR) is 85.6 cm³/mol. The second-order valence-corrected chi connectivity index (χ2v) is 6.37. The van der Waals surface area contributed by atoms with Gasteiger partial charge in [-0.05, 0) is 44.8 Å². The van der Waals surface area contributed by atoms with E-state index in [0.29, 0.717) is 22.5 Å². The zero-order valence-electron chi connectivity index (χ0n) is 12.0. The molecule has 1 aliphatic rings. The van der Waals surface area contributed by atoms with E-state index in [2.05, 4.69) is 21.7 Å². The molecule has 20 heavy (non-hydrogen) atoms. The highest BCUT2D eigenvalue weighted by atomic mass is 35.5. The van der Waals surface area contributed by atoms with Gasteiger partial charge in [-0.3, -0.25) is 4.99 Å². The first kappa shape index (κ1) is 15.4. The van der Waals surface area contributed by atoms with E-state index >= 15 is 0 Å². The highest BCUT2D eigenvalue weighted by molar-refractivity contribution is 6.33. The van der Waals surface area contributed by atoms with Crippen LogP contribution >= 0.6 is 23.2 Å². The first-order valence-corrected chi connectivity index (χ1v) is 7.28. The molecular weight excluding hydrogens is 295 g/mol. The van der Waals surface area contributed by atoms with Gasteiger partial charge in [0.05, 0.1) is 12.1 Å². The van der Waals surface area contributed by atoms with Crippen molar-refractivity contribution in [1.82, 2.24) is 9.80 Å². The van der Waals surface area contributed by atoms with E-state index in [1.54, 1.807) is 6.07 Å². The molecule has 0 bridgehead atoms. The van der Waals surface area contributed by atoms with E-state index in [9.17, 15) is 0 Å². The van der Waals surface area contributed by atoms with Gasteiger partial charge in [0.25, 0.3) is 0 Å². The second kappa shape index (κ2) is 5.80. The summed E-state index contributed by atoms with van der Waals surface area (Å²) >= 11 is 12.5. The standard InChI is InChI=1S/C14H20Cl2N4/c1-14(11-8-10(15)4-5-12(11)16)9-18-13(17)20(14)7-6-19(2)3/h4-5,8H,6-7,9H2,1-3H3,(H2,17,18). The third kappa shape index (κ3) is 2.87. The number of hydrogen-bond donors (Lipinski definition) is 1. The maximum absolute atomic E-state index is 6.35.